The monoisotopic (exact) mass is 356 g/mol. The lowest BCUT2D eigenvalue weighted by Crippen LogP contribution is -2.30. The first kappa shape index (κ1) is 17.2. The van der Waals surface area contributed by atoms with Gasteiger partial charge in [0.05, 0.1) is 17.3 Å². The van der Waals surface area contributed by atoms with Gasteiger partial charge in [-0.3, -0.25) is 10.1 Å². The molecule has 1 aromatic heterocycles. The smallest absolute Gasteiger partial charge is 0.266 e. The highest BCUT2D eigenvalue weighted by atomic mass is 32.1. The zero-order valence-electron chi connectivity index (χ0n) is 14.6. The number of benzene rings is 2. The number of aromatic nitrogens is 1. The van der Waals surface area contributed by atoms with Gasteiger partial charge in [-0.2, -0.15) is 0 Å². The number of rotatable bonds is 5. The molecule has 0 spiro atoms. The van der Waals surface area contributed by atoms with Crippen LogP contribution < -0.4 is 14.8 Å². The van der Waals surface area contributed by atoms with E-state index in [0.29, 0.717) is 16.6 Å². The van der Waals surface area contributed by atoms with E-state index >= 15 is 0 Å². The molecule has 0 aliphatic heterocycles. The van der Waals surface area contributed by atoms with Gasteiger partial charge in [0.15, 0.2) is 11.2 Å². The van der Waals surface area contributed by atoms with Crippen LogP contribution in [0.5, 0.6) is 11.5 Å². The minimum Gasteiger partial charge on any atom is -0.497 e. The molecule has 2 aromatic carbocycles. The second-order valence-electron chi connectivity index (χ2n) is 5.80. The van der Waals surface area contributed by atoms with Crippen LogP contribution in [0.2, 0.25) is 0 Å². The lowest BCUT2D eigenvalue weighted by molar-refractivity contribution is -0.122. The van der Waals surface area contributed by atoms with E-state index in [-0.39, 0.29) is 5.91 Å². The summed E-state index contributed by atoms with van der Waals surface area (Å²) in [4.78, 5) is 16.9. The minimum atomic E-state index is -0.651. The minimum absolute atomic E-state index is 0.240. The molecule has 1 amide bonds. The van der Waals surface area contributed by atoms with Gasteiger partial charge in [-0.15, -0.1) is 0 Å². The predicted molar refractivity (Wildman–Crippen MR) is 101 cm³/mol. The van der Waals surface area contributed by atoms with E-state index in [9.17, 15) is 4.79 Å². The Balaban J connectivity index is 1.72. The van der Waals surface area contributed by atoms with E-state index in [4.69, 9.17) is 9.47 Å². The van der Waals surface area contributed by atoms with E-state index in [2.05, 4.69) is 23.3 Å². The summed E-state index contributed by atoms with van der Waals surface area (Å²) >= 11 is 1.46. The number of anilines is 1. The Bertz CT molecular complexity index is 920. The summed E-state index contributed by atoms with van der Waals surface area (Å²) in [5.41, 5.74) is 3.25. The Hall–Kier alpha value is -2.60. The second-order valence-corrected chi connectivity index (χ2v) is 6.83. The molecular formula is C19H20N2O3S. The van der Waals surface area contributed by atoms with Crippen LogP contribution in [0.1, 0.15) is 18.1 Å². The van der Waals surface area contributed by atoms with Gasteiger partial charge in [0, 0.05) is 6.07 Å². The Morgan fingerprint density at radius 3 is 2.72 bits per heavy atom. The molecule has 5 nitrogen and oxygen atoms in total. The highest BCUT2D eigenvalue weighted by Gasteiger charge is 2.17. The molecule has 1 heterocycles. The molecule has 0 bridgehead atoms. The molecule has 1 atom stereocenters. The number of methoxy groups -OCH3 is 1. The van der Waals surface area contributed by atoms with Crippen molar-refractivity contribution in [2.75, 3.05) is 12.4 Å². The molecule has 1 N–H and O–H groups in total. The summed E-state index contributed by atoms with van der Waals surface area (Å²) in [5, 5.41) is 3.42. The van der Waals surface area contributed by atoms with Gasteiger partial charge in [-0.25, -0.2) is 4.98 Å². The maximum Gasteiger partial charge on any atom is 0.266 e. The molecule has 0 saturated carbocycles. The molecule has 0 fully saturated rings. The number of carbonyl (C=O) groups excluding carboxylic acids is 1. The summed E-state index contributed by atoms with van der Waals surface area (Å²) in [5.74, 6) is 1.02. The number of aryl methyl sites for hydroxylation is 2. The number of nitrogens with zero attached hydrogens (tertiary/aromatic N) is 1. The normalized spacial score (nSPS) is 12.0. The SMILES string of the molecule is COc1cccc(OC(C)C(=O)Nc2nc3c(C)c(C)ccc3s2)c1. The molecule has 130 valence electrons. The van der Waals surface area contributed by atoms with E-state index < -0.39 is 6.10 Å². The Morgan fingerprint density at radius 1 is 1.20 bits per heavy atom. The van der Waals surface area contributed by atoms with E-state index in [1.807, 2.05) is 25.1 Å². The van der Waals surface area contributed by atoms with Gasteiger partial charge in [0.1, 0.15) is 11.5 Å². The number of hydrogen-bond acceptors (Lipinski definition) is 5. The van der Waals surface area contributed by atoms with Crippen LogP contribution >= 0.6 is 11.3 Å². The third-order valence-corrected chi connectivity index (χ3v) is 4.97. The molecule has 0 radical (unpaired) electrons. The van der Waals surface area contributed by atoms with Gasteiger partial charge in [0.2, 0.25) is 0 Å². The molecule has 6 heteroatoms. The number of amides is 1. The summed E-state index contributed by atoms with van der Waals surface area (Å²) in [6.07, 6.45) is -0.651. The van der Waals surface area contributed by atoms with E-state index in [1.165, 1.54) is 16.9 Å². The van der Waals surface area contributed by atoms with Crippen LogP contribution in [0.4, 0.5) is 5.13 Å². The molecule has 3 rings (SSSR count). The van der Waals surface area contributed by atoms with Crippen molar-refractivity contribution < 1.29 is 14.3 Å². The Labute approximate surface area is 150 Å². The lowest BCUT2D eigenvalue weighted by atomic mass is 10.1. The van der Waals surface area contributed by atoms with Crippen LogP contribution in [-0.4, -0.2) is 24.1 Å². The average Bonchev–Trinajstić information content (AvgIpc) is 3.01. The molecule has 0 saturated heterocycles. The number of thiazole rings is 1. The molecule has 0 aliphatic carbocycles. The third-order valence-electron chi connectivity index (χ3n) is 4.04. The number of carbonyl (C=O) groups is 1. The molecule has 25 heavy (non-hydrogen) atoms. The van der Waals surface area contributed by atoms with Crippen molar-refractivity contribution >= 4 is 32.6 Å². The van der Waals surface area contributed by atoms with Crippen LogP contribution in [0.25, 0.3) is 10.2 Å². The molecule has 1 unspecified atom stereocenters. The largest absolute Gasteiger partial charge is 0.497 e. The van der Waals surface area contributed by atoms with Gasteiger partial charge < -0.3 is 9.47 Å². The van der Waals surface area contributed by atoms with Gasteiger partial charge in [0.25, 0.3) is 5.91 Å². The summed E-state index contributed by atoms with van der Waals surface area (Å²) in [6.45, 7) is 5.80. The first-order valence-electron chi connectivity index (χ1n) is 7.96. The summed E-state index contributed by atoms with van der Waals surface area (Å²) in [7, 11) is 1.59. The van der Waals surface area contributed by atoms with Gasteiger partial charge in [-0.1, -0.05) is 23.5 Å². The van der Waals surface area contributed by atoms with Crippen molar-refractivity contribution in [1.82, 2.24) is 4.98 Å². The topological polar surface area (TPSA) is 60.5 Å². The van der Waals surface area contributed by atoms with Crippen LogP contribution in [0.3, 0.4) is 0 Å². The first-order chi connectivity index (χ1) is 12.0. The lowest BCUT2D eigenvalue weighted by Gasteiger charge is -2.14. The third kappa shape index (κ3) is 3.74. The highest BCUT2D eigenvalue weighted by Crippen LogP contribution is 2.29. The maximum atomic E-state index is 12.4. The van der Waals surface area contributed by atoms with Crippen LogP contribution in [0, 0.1) is 13.8 Å². The number of ether oxygens (including phenoxy) is 2. The standard InChI is InChI=1S/C19H20N2O3S/c1-11-8-9-16-17(12(11)2)20-19(25-16)21-18(22)13(3)24-15-7-5-6-14(10-15)23-4/h5-10,13H,1-4H3,(H,20,21,22). The van der Waals surface area contributed by atoms with Gasteiger partial charge in [-0.05, 0) is 50.1 Å². The zero-order valence-corrected chi connectivity index (χ0v) is 15.4. The first-order valence-corrected chi connectivity index (χ1v) is 8.78. The van der Waals surface area contributed by atoms with E-state index in [0.717, 1.165) is 15.8 Å². The number of nitrogens with one attached hydrogen (secondary N) is 1. The Kier molecular flexibility index (Phi) is 4.90. The van der Waals surface area contributed by atoms with Gasteiger partial charge >= 0.3 is 0 Å². The molecule has 0 aliphatic rings. The fourth-order valence-corrected chi connectivity index (χ4v) is 3.35. The Morgan fingerprint density at radius 2 is 1.96 bits per heavy atom. The summed E-state index contributed by atoms with van der Waals surface area (Å²) < 4.78 is 11.9. The van der Waals surface area contributed by atoms with Crippen molar-refractivity contribution in [3.8, 4) is 11.5 Å². The maximum absolute atomic E-state index is 12.4. The number of hydrogen-bond donors (Lipinski definition) is 1. The fraction of sp³-hybridized carbons (Fsp3) is 0.263. The van der Waals surface area contributed by atoms with Crippen molar-refractivity contribution in [2.45, 2.75) is 26.9 Å². The van der Waals surface area contributed by atoms with Crippen molar-refractivity contribution in [1.29, 1.82) is 0 Å². The second kappa shape index (κ2) is 7.11. The van der Waals surface area contributed by atoms with Crippen molar-refractivity contribution in [3.63, 3.8) is 0 Å². The van der Waals surface area contributed by atoms with Crippen LogP contribution in [0.15, 0.2) is 36.4 Å². The predicted octanol–water partition coefficient (Wildman–Crippen LogP) is 4.33. The molecular weight excluding hydrogens is 336 g/mol. The van der Waals surface area contributed by atoms with Crippen molar-refractivity contribution in [2.24, 2.45) is 0 Å². The van der Waals surface area contributed by atoms with E-state index in [1.54, 1.807) is 26.2 Å². The van der Waals surface area contributed by atoms with Crippen LogP contribution in [-0.2, 0) is 4.79 Å². The number of fused-ring (bicyclic) bond motifs is 1. The summed E-state index contributed by atoms with van der Waals surface area (Å²) in [6, 6.07) is 11.3. The average molecular weight is 356 g/mol. The van der Waals surface area contributed by atoms with Crippen molar-refractivity contribution in [3.05, 3.63) is 47.5 Å². The highest BCUT2D eigenvalue weighted by molar-refractivity contribution is 7.22. The quantitative estimate of drug-likeness (QED) is 0.739. The zero-order chi connectivity index (χ0) is 18.0. The fourth-order valence-electron chi connectivity index (χ4n) is 2.42. The molecule has 3 aromatic rings.